The van der Waals surface area contributed by atoms with Crippen LogP contribution in [0.15, 0.2) is 65.1 Å². The number of anilines is 1. The van der Waals surface area contributed by atoms with Crippen LogP contribution in [0.25, 0.3) is 22.6 Å². The van der Waals surface area contributed by atoms with Crippen LogP contribution in [0.2, 0.25) is 5.02 Å². The van der Waals surface area contributed by atoms with Crippen LogP contribution in [0.4, 0.5) is 5.69 Å². The number of rotatable bonds is 6. The minimum atomic E-state index is -0.222. The number of fused-ring (bicyclic) bond motifs is 1. The van der Waals surface area contributed by atoms with Crippen LogP contribution in [-0.4, -0.2) is 18.0 Å². The summed E-state index contributed by atoms with van der Waals surface area (Å²) in [6, 6.07) is 18.1. The van der Waals surface area contributed by atoms with E-state index in [1.165, 1.54) is 0 Å². The molecular formula is C24H21ClN2O3. The molecule has 0 unspecified atom stereocenters. The second kappa shape index (κ2) is 8.59. The molecule has 0 spiro atoms. The quantitative estimate of drug-likeness (QED) is 0.394. The van der Waals surface area contributed by atoms with Gasteiger partial charge in [0.05, 0.1) is 7.11 Å². The van der Waals surface area contributed by atoms with Gasteiger partial charge in [0.15, 0.2) is 5.58 Å². The number of methoxy groups -OCH3 is 1. The Morgan fingerprint density at radius 1 is 1.13 bits per heavy atom. The van der Waals surface area contributed by atoms with Gasteiger partial charge >= 0.3 is 0 Å². The SMILES string of the molecule is CCCc1cc(Cl)cc2nc(-c3cccc(NC(=O)c4cccc(OC)c4)c3)oc12. The highest BCUT2D eigenvalue weighted by Crippen LogP contribution is 2.31. The molecule has 0 aliphatic carbocycles. The molecule has 3 aromatic carbocycles. The normalized spacial score (nSPS) is 10.9. The number of carbonyl (C=O) groups is 1. The van der Waals surface area contributed by atoms with Crippen molar-refractivity contribution in [3.63, 3.8) is 0 Å². The van der Waals surface area contributed by atoms with Crippen LogP contribution < -0.4 is 10.1 Å². The van der Waals surface area contributed by atoms with Gasteiger partial charge < -0.3 is 14.5 Å². The molecule has 0 atom stereocenters. The zero-order valence-electron chi connectivity index (χ0n) is 16.7. The number of nitrogens with zero attached hydrogens (tertiary/aromatic N) is 1. The molecule has 0 aliphatic heterocycles. The van der Waals surface area contributed by atoms with Crippen molar-refractivity contribution in [3.8, 4) is 17.2 Å². The lowest BCUT2D eigenvalue weighted by Gasteiger charge is -2.07. The molecule has 1 amide bonds. The Morgan fingerprint density at radius 2 is 1.97 bits per heavy atom. The van der Waals surface area contributed by atoms with Crippen molar-refractivity contribution in [3.05, 3.63) is 76.8 Å². The Balaban J connectivity index is 1.63. The van der Waals surface area contributed by atoms with Crippen molar-refractivity contribution in [2.45, 2.75) is 19.8 Å². The van der Waals surface area contributed by atoms with Gasteiger partial charge in [-0.25, -0.2) is 4.98 Å². The van der Waals surface area contributed by atoms with Crippen LogP contribution in [0, 0.1) is 0 Å². The molecule has 0 bridgehead atoms. The van der Waals surface area contributed by atoms with Crippen LogP contribution in [0.5, 0.6) is 5.75 Å². The standard InChI is InChI=1S/C24H21ClN2O3/c1-3-6-15-11-18(25)14-21-22(15)30-24(27-21)17-8-4-9-19(12-17)26-23(28)16-7-5-10-20(13-16)29-2/h4-5,7-14H,3,6H2,1-2H3,(H,26,28). The monoisotopic (exact) mass is 420 g/mol. The van der Waals surface area contributed by atoms with Gasteiger partial charge in [0.1, 0.15) is 11.3 Å². The largest absolute Gasteiger partial charge is 0.497 e. The maximum absolute atomic E-state index is 12.6. The summed E-state index contributed by atoms with van der Waals surface area (Å²) < 4.78 is 11.3. The van der Waals surface area contributed by atoms with E-state index in [0.29, 0.717) is 27.9 Å². The first-order chi connectivity index (χ1) is 14.6. The lowest BCUT2D eigenvalue weighted by molar-refractivity contribution is 0.102. The number of carbonyl (C=O) groups excluding carboxylic acids is 1. The summed E-state index contributed by atoms with van der Waals surface area (Å²) in [6.07, 6.45) is 1.85. The third-order valence-electron chi connectivity index (χ3n) is 4.75. The molecule has 0 saturated heterocycles. The van der Waals surface area contributed by atoms with Crippen LogP contribution in [0.3, 0.4) is 0 Å². The van der Waals surface area contributed by atoms with E-state index in [0.717, 1.165) is 35.1 Å². The van der Waals surface area contributed by atoms with E-state index in [1.807, 2.05) is 30.3 Å². The van der Waals surface area contributed by atoms with E-state index in [9.17, 15) is 4.79 Å². The fraction of sp³-hybridized carbons (Fsp3) is 0.167. The second-order valence-corrected chi connectivity index (χ2v) is 7.39. The second-order valence-electron chi connectivity index (χ2n) is 6.95. The van der Waals surface area contributed by atoms with Crippen LogP contribution in [-0.2, 0) is 6.42 Å². The summed E-state index contributed by atoms with van der Waals surface area (Å²) in [5.41, 5.74) is 4.46. The Bertz CT molecular complexity index is 1220. The minimum Gasteiger partial charge on any atom is -0.497 e. The lowest BCUT2D eigenvalue weighted by Crippen LogP contribution is -2.11. The predicted octanol–water partition coefficient (Wildman–Crippen LogP) is 6.36. The third-order valence-corrected chi connectivity index (χ3v) is 4.97. The highest BCUT2D eigenvalue weighted by atomic mass is 35.5. The van der Waals surface area contributed by atoms with E-state index < -0.39 is 0 Å². The lowest BCUT2D eigenvalue weighted by atomic mass is 10.1. The zero-order valence-corrected chi connectivity index (χ0v) is 17.5. The van der Waals surface area contributed by atoms with Gasteiger partial charge in [-0.15, -0.1) is 0 Å². The molecule has 0 radical (unpaired) electrons. The summed E-state index contributed by atoms with van der Waals surface area (Å²) >= 11 is 6.24. The van der Waals surface area contributed by atoms with Gasteiger partial charge in [0.2, 0.25) is 5.89 Å². The summed E-state index contributed by atoms with van der Waals surface area (Å²) in [5, 5.41) is 3.55. The molecule has 30 heavy (non-hydrogen) atoms. The van der Waals surface area contributed by atoms with Gasteiger partial charge in [0, 0.05) is 21.8 Å². The number of ether oxygens (including phenoxy) is 1. The number of aryl methyl sites for hydroxylation is 1. The molecule has 1 aromatic heterocycles. The molecule has 4 aromatic rings. The molecule has 1 N–H and O–H groups in total. The molecule has 0 aliphatic rings. The molecule has 6 heteroatoms. The summed E-state index contributed by atoms with van der Waals surface area (Å²) in [6.45, 7) is 2.11. The van der Waals surface area contributed by atoms with Crippen LogP contribution in [0.1, 0.15) is 29.3 Å². The zero-order chi connectivity index (χ0) is 21.1. The molecule has 0 saturated carbocycles. The maximum Gasteiger partial charge on any atom is 0.255 e. The number of oxazole rings is 1. The van der Waals surface area contributed by atoms with E-state index in [1.54, 1.807) is 37.4 Å². The summed E-state index contributed by atoms with van der Waals surface area (Å²) in [4.78, 5) is 17.2. The van der Waals surface area contributed by atoms with Gasteiger partial charge in [-0.05, 0) is 60.5 Å². The number of nitrogens with one attached hydrogen (secondary N) is 1. The number of benzene rings is 3. The molecular weight excluding hydrogens is 400 g/mol. The number of halogens is 1. The van der Waals surface area contributed by atoms with Crippen molar-refractivity contribution in [1.82, 2.24) is 4.98 Å². The molecule has 152 valence electrons. The fourth-order valence-corrected chi connectivity index (χ4v) is 3.58. The molecule has 0 fully saturated rings. The smallest absolute Gasteiger partial charge is 0.255 e. The summed E-state index contributed by atoms with van der Waals surface area (Å²) in [7, 11) is 1.57. The first-order valence-electron chi connectivity index (χ1n) is 9.72. The molecule has 4 rings (SSSR count). The predicted molar refractivity (Wildman–Crippen MR) is 119 cm³/mol. The Kier molecular flexibility index (Phi) is 5.72. The molecule has 1 heterocycles. The van der Waals surface area contributed by atoms with Crippen molar-refractivity contribution in [1.29, 1.82) is 0 Å². The van der Waals surface area contributed by atoms with E-state index in [4.69, 9.17) is 20.8 Å². The number of hydrogen-bond acceptors (Lipinski definition) is 4. The van der Waals surface area contributed by atoms with E-state index >= 15 is 0 Å². The fourth-order valence-electron chi connectivity index (χ4n) is 3.34. The van der Waals surface area contributed by atoms with Gasteiger partial charge in [-0.1, -0.05) is 37.1 Å². The van der Waals surface area contributed by atoms with E-state index in [2.05, 4.69) is 17.2 Å². The Hall–Kier alpha value is -3.31. The minimum absolute atomic E-state index is 0.222. The first-order valence-corrected chi connectivity index (χ1v) is 10.1. The number of aromatic nitrogens is 1. The van der Waals surface area contributed by atoms with Crippen molar-refractivity contribution in [2.75, 3.05) is 12.4 Å². The van der Waals surface area contributed by atoms with Crippen LogP contribution >= 0.6 is 11.6 Å². The van der Waals surface area contributed by atoms with Crippen molar-refractivity contribution < 1.29 is 13.9 Å². The highest BCUT2D eigenvalue weighted by Gasteiger charge is 2.14. The maximum atomic E-state index is 12.6. The average molecular weight is 421 g/mol. The Labute approximate surface area is 179 Å². The number of amides is 1. The Morgan fingerprint density at radius 3 is 2.77 bits per heavy atom. The third kappa shape index (κ3) is 4.16. The average Bonchev–Trinajstić information content (AvgIpc) is 3.18. The first kappa shape index (κ1) is 20.0. The van der Waals surface area contributed by atoms with Crippen molar-refractivity contribution in [2.24, 2.45) is 0 Å². The molecule has 5 nitrogen and oxygen atoms in total. The highest BCUT2D eigenvalue weighted by molar-refractivity contribution is 6.31. The van der Waals surface area contributed by atoms with Gasteiger partial charge in [-0.2, -0.15) is 0 Å². The van der Waals surface area contributed by atoms with Gasteiger partial charge in [-0.3, -0.25) is 4.79 Å². The topological polar surface area (TPSA) is 64.4 Å². The summed E-state index contributed by atoms with van der Waals surface area (Å²) in [5.74, 6) is 0.896. The van der Waals surface area contributed by atoms with E-state index in [-0.39, 0.29) is 5.91 Å². The van der Waals surface area contributed by atoms with Gasteiger partial charge in [0.25, 0.3) is 5.91 Å². The number of hydrogen-bond donors (Lipinski definition) is 1. The van der Waals surface area contributed by atoms with Crippen molar-refractivity contribution >= 4 is 34.3 Å².